The van der Waals surface area contributed by atoms with Gasteiger partial charge in [0.05, 0.1) is 25.3 Å². The third kappa shape index (κ3) is 4.10. The van der Waals surface area contributed by atoms with E-state index >= 15 is 0 Å². The molecule has 0 atom stereocenters. The second kappa shape index (κ2) is 6.75. The Morgan fingerprint density at radius 1 is 1.24 bits per heavy atom. The lowest BCUT2D eigenvalue weighted by molar-refractivity contribution is 0.0806. The first kappa shape index (κ1) is 17.3. The van der Waals surface area contributed by atoms with Crippen LogP contribution in [-0.4, -0.2) is 28.1 Å². The normalized spacial score (nSPS) is 15.8. The molecule has 1 aromatic heterocycles. The molecule has 0 bridgehead atoms. The fourth-order valence-electron chi connectivity index (χ4n) is 2.99. The van der Waals surface area contributed by atoms with Crippen LogP contribution in [0.4, 0.5) is 4.79 Å². The highest BCUT2D eigenvalue weighted by Gasteiger charge is 2.31. The molecule has 2 aromatic rings. The van der Waals surface area contributed by atoms with E-state index in [0.29, 0.717) is 19.6 Å². The van der Waals surface area contributed by atoms with E-state index in [-0.39, 0.29) is 6.03 Å². The highest BCUT2D eigenvalue weighted by atomic mass is 16.5. The molecule has 2 amide bonds. The van der Waals surface area contributed by atoms with Gasteiger partial charge in [-0.2, -0.15) is 0 Å². The van der Waals surface area contributed by atoms with Gasteiger partial charge in [-0.15, -0.1) is 0 Å². The van der Waals surface area contributed by atoms with E-state index in [1.165, 1.54) is 0 Å². The highest BCUT2D eigenvalue weighted by molar-refractivity contribution is 5.74. The van der Waals surface area contributed by atoms with Crippen LogP contribution in [-0.2, 0) is 13.1 Å². The van der Waals surface area contributed by atoms with Gasteiger partial charge in [0.15, 0.2) is 0 Å². The molecule has 5 nitrogen and oxygen atoms in total. The smallest absolute Gasteiger partial charge is 0.318 e. The number of amides is 2. The molecule has 1 aliphatic rings. The number of hydrogen-bond acceptors (Lipinski definition) is 3. The summed E-state index contributed by atoms with van der Waals surface area (Å²) < 4.78 is 6.08. The maximum atomic E-state index is 12.7. The molecule has 2 heterocycles. The van der Waals surface area contributed by atoms with Gasteiger partial charge in [0, 0.05) is 11.3 Å². The van der Waals surface area contributed by atoms with Gasteiger partial charge in [-0.3, -0.25) is 4.98 Å². The average Bonchev–Trinajstić information content (AvgIpc) is 2.70. The minimum Gasteiger partial charge on any atom is -0.486 e. The summed E-state index contributed by atoms with van der Waals surface area (Å²) in [6, 6.07) is 11.8. The van der Waals surface area contributed by atoms with Crippen molar-refractivity contribution < 1.29 is 9.53 Å². The van der Waals surface area contributed by atoms with Crippen molar-refractivity contribution in [3.63, 3.8) is 0 Å². The quantitative estimate of drug-likeness (QED) is 0.910. The first-order valence-electron chi connectivity index (χ1n) is 8.57. The van der Waals surface area contributed by atoms with Gasteiger partial charge in [0.2, 0.25) is 0 Å². The Labute approximate surface area is 149 Å². The molecule has 0 aliphatic carbocycles. The molecule has 132 valence electrons. The number of carbonyl (C=O) groups excluding carboxylic acids is 1. The molecular weight excluding hydrogens is 314 g/mol. The van der Waals surface area contributed by atoms with Gasteiger partial charge in [0.1, 0.15) is 11.4 Å². The zero-order valence-electron chi connectivity index (χ0n) is 15.3. The van der Waals surface area contributed by atoms with Crippen molar-refractivity contribution in [2.45, 2.75) is 46.4 Å². The molecule has 1 aromatic carbocycles. The van der Waals surface area contributed by atoms with E-state index in [1.54, 1.807) is 4.90 Å². The third-order valence-corrected chi connectivity index (χ3v) is 4.41. The first-order chi connectivity index (χ1) is 11.8. The summed E-state index contributed by atoms with van der Waals surface area (Å²) in [6.45, 7) is 9.48. The first-order valence-corrected chi connectivity index (χ1v) is 8.57. The number of fused-ring (bicyclic) bond motifs is 1. The van der Waals surface area contributed by atoms with Crippen LogP contribution in [0.5, 0.6) is 5.75 Å². The number of pyridine rings is 1. The van der Waals surface area contributed by atoms with Crippen LogP contribution in [0.1, 0.15) is 36.4 Å². The maximum Gasteiger partial charge on any atom is 0.318 e. The molecule has 0 fully saturated rings. The molecule has 0 saturated heterocycles. The minimum absolute atomic E-state index is 0.103. The number of carbonyl (C=O) groups is 1. The standard InChI is InChI=1S/C20H25N3O2/c1-14-9-10-17(22-15(14)2)11-21-19(24)23-12-16-7-5-6-8-18(16)25-20(3,4)13-23/h5-10H,11-13H2,1-4H3,(H,21,24). The summed E-state index contributed by atoms with van der Waals surface area (Å²) in [7, 11) is 0. The summed E-state index contributed by atoms with van der Waals surface area (Å²) in [5, 5.41) is 2.98. The van der Waals surface area contributed by atoms with Gasteiger partial charge in [-0.25, -0.2) is 4.79 Å². The minimum atomic E-state index is -0.442. The Bertz CT molecular complexity index is 786. The fourth-order valence-corrected chi connectivity index (χ4v) is 2.99. The SMILES string of the molecule is Cc1ccc(CNC(=O)N2Cc3ccccc3OC(C)(C)C2)nc1C. The number of aryl methyl sites for hydroxylation is 2. The van der Waals surface area contributed by atoms with Crippen LogP contribution in [0.3, 0.4) is 0 Å². The molecule has 1 N–H and O–H groups in total. The molecule has 1 aliphatic heterocycles. The van der Waals surface area contributed by atoms with Crippen LogP contribution >= 0.6 is 0 Å². The van der Waals surface area contributed by atoms with Gasteiger partial charge in [-0.1, -0.05) is 24.3 Å². The predicted molar refractivity (Wildman–Crippen MR) is 97.5 cm³/mol. The second-order valence-corrected chi connectivity index (χ2v) is 7.19. The molecule has 5 heteroatoms. The molecule has 25 heavy (non-hydrogen) atoms. The Hall–Kier alpha value is -2.56. The van der Waals surface area contributed by atoms with Crippen molar-refractivity contribution in [3.05, 3.63) is 58.9 Å². The molecule has 3 rings (SSSR count). The molecule has 0 saturated carbocycles. The van der Waals surface area contributed by atoms with Crippen molar-refractivity contribution >= 4 is 6.03 Å². The Morgan fingerprint density at radius 3 is 2.76 bits per heavy atom. The monoisotopic (exact) mass is 339 g/mol. The number of nitrogens with one attached hydrogen (secondary N) is 1. The number of nitrogens with zero attached hydrogens (tertiary/aromatic N) is 2. The lowest BCUT2D eigenvalue weighted by Gasteiger charge is -2.29. The summed E-state index contributed by atoms with van der Waals surface area (Å²) in [5.41, 5.74) is 3.58. The topological polar surface area (TPSA) is 54.5 Å². The summed E-state index contributed by atoms with van der Waals surface area (Å²) >= 11 is 0. The number of rotatable bonds is 2. The van der Waals surface area contributed by atoms with Crippen LogP contribution in [0.25, 0.3) is 0 Å². The number of urea groups is 1. The number of hydrogen-bond donors (Lipinski definition) is 1. The van der Waals surface area contributed by atoms with E-state index in [9.17, 15) is 4.79 Å². The van der Waals surface area contributed by atoms with Gasteiger partial charge < -0.3 is 15.0 Å². The van der Waals surface area contributed by atoms with E-state index in [0.717, 1.165) is 28.3 Å². The molecule has 0 spiro atoms. The Balaban J connectivity index is 1.71. The van der Waals surface area contributed by atoms with Gasteiger partial charge >= 0.3 is 6.03 Å². The summed E-state index contributed by atoms with van der Waals surface area (Å²) in [4.78, 5) is 19.0. The Morgan fingerprint density at radius 2 is 2.00 bits per heavy atom. The fraction of sp³-hybridized carbons (Fsp3) is 0.400. The zero-order chi connectivity index (χ0) is 18.0. The van der Waals surface area contributed by atoms with Crippen LogP contribution in [0, 0.1) is 13.8 Å². The van der Waals surface area contributed by atoms with Crippen molar-refractivity contribution in [2.24, 2.45) is 0 Å². The van der Waals surface area contributed by atoms with Gasteiger partial charge in [-0.05, 0) is 45.4 Å². The summed E-state index contributed by atoms with van der Waals surface area (Å²) in [5.74, 6) is 0.846. The largest absolute Gasteiger partial charge is 0.486 e. The van der Waals surface area contributed by atoms with Crippen molar-refractivity contribution in [1.29, 1.82) is 0 Å². The predicted octanol–water partition coefficient (Wildman–Crippen LogP) is 3.58. The lowest BCUT2D eigenvalue weighted by atomic mass is 10.1. The highest BCUT2D eigenvalue weighted by Crippen LogP contribution is 2.29. The van der Waals surface area contributed by atoms with E-state index in [1.807, 2.05) is 64.1 Å². The van der Waals surface area contributed by atoms with E-state index < -0.39 is 5.60 Å². The molecular formula is C20H25N3O2. The zero-order valence-corrected chi connectivity index (χ0v) is 15.3. The summed E-state index contributed by atoms with van der Waals surface area (Å²) in [6.07, 6.45) is 0. The number of benzene rings is 1. The van der Waals surface area contributed by atoms with Crippen molar-refractivity contribution in [1.82, 2.24) is 15.2 Å². The van der Waals surface area contributed by atoms with Crippen LogP contribution < -0.4 is 10.1 Å². The van der Waals surface area contributed by atoms with Crippen LogP contribution in [0.2, 0.25) is 0 Å². The molecule has 0 radical (unpaired) electrons. The maximum absolute atomic E-state index is 12.7. The van der Waals surface area contributed by atoms with E-state index in [2.05, 4.69) is 10.3 Å². The lowest BCUT2D eigenvalue weighted by Crippen LogP contribution is -2.47. The Kier molecular flexibility index (Phi) is 4.66. The molecule has 0 unspecified atom stereocenters. The average molecular weight is 339 g/mol. The third-order valence-electron chi connectivity index (χ3n) is 4.41. The number of para-hydroxylation sites is 1. The van der Waals surface area contributed by atoms with Crippen LogP contribution in [0.15, 0.2) is 36.4 Å². The number of aromatic nitrogens is 1. The van der Waals surface area contributed by atoms with Crippen molar-refractivity contribution in [3.8, 4) is 5.75 Å². The van der Waals surface area contributed by atoms with Crippen molar-refractivity contribution in [2.75, 3.05) is 6.54 Å². The second-order valence-electron chi connectivity index (χ2n) is 7.19. The van der Waals surface area contributed by atoms with Gasteiger partial charge in [0.25, 0.3) is 0 Å². The van der Waals surface area contributed by atoms with E-state index in [4.69, 9.17) is 4.74 Å². The number of ether oxygens (including phenoxy) is 1.